The predicted octanol–water partition coefficient (Wildman–Crippen LogP) is -0.580. The third-order valence-corrected chi connectivity index (χ3v) is 1.98. The zero-order valence-corrected chi connectivity index (χ0v) is 9.58. The Morgan fingerprint density at radius 2 is 2.07 bits per heavy atom. The average Bonchev–Trinajstić information content (AvgIpc) is 2.27. The van der Waals surface area contributed by atoms with E-state index in [1.165, 1.54) is 0 Å². The van der Waals surface area contributed by atoms with Gasteiger partial charge in [0.1, 0.15) is 0 Å². The van der Waals surface area contributed by atoms with Crippen LogP contribution in [0, 0.1) is 0 Å². The molecule has 90 valence electrons. The van der Waals surface area contributed by atoms with Gasteiger partial charge in [-0.05, 0) is 19.5 Å². The van der Waals surface area contributed by atoms with Crippen molar-refractivity contribution >= 4 is 6.41 Å². The largest absolute Gasteiger partial charge is 0.379 e. The Bertz CT molecular complexity index is 139. The van der Waals surface area contributed by atoms with E-state index >= 15 is 0 Å². The Labute approximate surface area is 91.9 Å². The number of ether oxygens (including phenoxy) is 1. The Morgan fingerprint density at radius 1 is 1.47 bits per heavy atom. The molecular formula is C10H23N3O2. The highest BCUT2D eigenvalue weighted by Crippen LogP contribution is 1.96. The quantitative estimate of drug-likeness (QED) is 0.477. The molecule has 0 unspecified atom stereocenters. The highest BCUT2D eigenvalue weighted by Gasteiger charge is 2.08. The van der Waals surface area contributed by atoms with Gasteiger partial charge < -0.3 is 15.8 Å². The van der Waals surface area contributed by atoms with E-state index in [0.717, 1.165) is 58.8 Å². The fourth-order valence-corrected chi connectivity index (χ4v) is 1.29. The monoisotopic (exact) mass is 217 g/mol. The summed E-state index contributed by atoms with van der Waals surface area (Å²) in [6, 6.07) is 0. The Kier molecular flexibility index (Phi) is 10.9. The molecule has 0 saturated carbocycles. The molecule has 0 radical (unpaired) electrons. The summed E-state index contributed by atoms with van der Waals surface area (Å²) in [6.45, 7) is 8.25. The predicted molar refractivity (Wildman–Crippen MR) is 60.7 cm³/mol. The standard InChI is InChI=1S/C8H16N2O2.C2H7N/c11-8-9-2-1-3-10-4-6-12-7-5-10;1-2-3/h8H,1-7H2,(H,9,11);2-3H2,1H3. The molecule has 0 aromatic rings. The number of nitrogens with two attached hydrogens (primary N) is 1. The van der Waals surface area contributed by atoms with Crippen LogP contribution in [0.1, 0.15) is 13.3 Å². The minimum atomic E-state index is 0.749. The molecule has 5 heteroatoms. The summed E-state index contributed by atoms with van der Waals surface area (Å²) in [5, 5.41) is 2.65. The van der Waals surface area contributed by atoms with Gasteiger partial charge in [0.25, 0.3) is 0 Å². The molecule has 0 aromatic heterocycles. The summed E-state index contributed by atoms with van der Waals surface area (Å²) < 4.78 is 5.21. The zero-order valence-electron chi connectivity index (χ0n) is 9.58. The number of carbonyl (C=O) groups is 1. The minimum absolute atomic E-state index is 0.749. The Morgan fingerprint density at radius 3 is 2.60 bits per heavy atom. The lowest BCUT2D eigenvalue weighted by atomic mass is 10.3. The zero-order chi connectivity index (χ0) is 11.4. The molecular weight excluding hydrogens is 194 g/mol. The number of nitrogens with zero attached hydrogens (tertiary/aromatic N) is 1. The first-order chi connectivity index (χ1) is 7.35. The van der Waals surface area contributed by atoms with Crippen LogP contribution >= 0.6 is 0 Å². The first kappa shape index (κ1) is 14.3. The van der Waals surface area contributed by atoms with E-state index in [9.17, 15) is 4.79 Å². The van der Waals surface area contributed by atoms with Crippen molar-refractivity contribution in [3.05, 3.63) is 0 Å². The maximum absolute atomic E-state index is 9.91. The van der Waals surface area contributed by atoms with Crippen LogP contribution in [0.4, 0.5) is 0 Å². The van der Waals surface area contributed by atoms with Crippen molar-refractivity contribution in [3.63, 3.8) is 0 Å². The number of hydrogen-bond donors (Lipinski definition) is 2. The van der Waals surface area contributed by atoms with Crippen molar-refractivity contribution in [1.29, 1.82) is 0 Å². The molecule has 1 rings (SSSR count). The van der Waals surface area contributed by atoms with Crippen LogP contribution in [0.15, 0.2) is 0 Å². The third kappa shape index (κ3) is 9.65. The van der Waals surface area contributed by atoms with Crippen LogP contribution in [0.3, 0.4) is 0 Å². The van der Waals surface area contributed by atoms with Crippen molar-refractivity contribution in [2.24, 2.45) is 5.73 Å². The summed E-state index contributed by atoms with van der Waals surface area (Å²) >= 11 is 0. The van der Waals surface area contributed by atoms with Crippen molar-refractivity contribution in [2.45, 2.75) is 13.3 Å². The lowest BCUT2D eigenvalue weighted by molar-refractivity contribution is -0.109. The molecule has 1 aliphatic heterocycles. The smallest absolute Gasteiger partial charge is 0.207 e. The molecule has 5 nitrogen and oxygen atoms in total. The molecule has 0 spiro atoms. The van der Waals surface area contributed by atoms with Gasteiger partial charge in [0, 0.05) is 19.6 Å². The van der Waals surface area contributed by atoms with Crippen molar-refractivity contribution < 1.29 is 9.53 Å². The van der Waals surface area contributed by atoms with Crippen molar-refractivity contribution in [2.75, 3.05) is 45.9 Å². The number of amides is 1. The molecule has 0 aliphatic carbocycles. The highest BCUT2D eigenvalue weighted by atomic mass is 16.5. The van der Waals surface area contributed by atoms with Crippen LogP contribution in [0.25, 0.3) is 0 Å². The van der Waals surface area contributed by atoms with E-state index in [4.69, 9.17) is 10.5 Å². The molecule has 0 atom stereocenters. The first-order valence-corrected chi connectivity index (χ1v) is 5.52. The van der Waals surface area contributed by atoms with Gasteiger partial charge in [0.15, 0.2) is 0 Å². The third-order valence-electron chi connectivity index (χ3n) is 1.98. The SMILES string of the molecule is CCN.O=CNCCCN1CCOCC1. The molecule has 1 fully saturated rings. The van der Waals surface area contributed by atoms with Crippen LogP contribution < -0.4 is 11.1 Å². The summed E-state index contributed by atoms with van der Waals surface area (Å²) in [7, 11) is 0. The van der Waals surface area contributed by atoms with Gasteiger partial charge in [-0.15, -0.1) is 0 Å². The van der Waals surface area contributed by atoms with Crippen LogP contribution in [-0.4, -0.2) is 57.2 Å². The van der Waals surface area contributed by atoms with E-state index in [0.29, 0.717) is 0 Å². The molecule has 0 bridgehead atoms. The maximum Gasteiger partial charge on any atom is 0.207 e. The lowest BCUT2D eigenvalue weighted by Gasteiger charge is -2.26. The number of rotatable bonds is 5. The molecule has 1 heterocycles. The molecule has 3 N–H and O–H groups in total. The molecule has 1 saturated heterocycles. The van der Waals surface area contributed by atoms with Crippen molar-refractivity contribution in [1.82, 2.24) is 10.2 Å². The van der Waals surface area contributed by atoms with E-state index < -0.39 is 0 Å². The second-order valence-electron chi connectivity index (χ2n) is 3.29. The summed E-state index contributed by atoms with van der Waals surface area (Å²) in [4.78, 5) is 12.3. The minimum Gasteiger partial charge on any atom is -0.379 e. The number of carbonyl (C=O) groups excluding carboxylic acids is 1. The van der Waals surface area contributed by atoms with Gasteiger partial charge in [-0.25, -0.2) is 0 Å². The Hall–Kier alpha value is -0.650. The van der Waals surface area contributed by atoms with Gasteiger partial charge in [-0.2, -0.15) is 0 Å². The van der Waals surface area contributed by atoms with Gasteiger partial charge in [-0.3, -0.25) is 9.69 Å². The average molecular weight is 217 g/mol. The molecule has 0 aromatic carbocycles. The van der Waals surface area contributed by atoms with Crippen LogP contribution in [0.5, 0.6) is 0 Å². The first-order valence-electron chi connectivity index (χ1n) is 5.52. The van der Waals surface area contributed by atoms with Crippen LogP contribution in [0.2, 0.25) is 0 Å². The van der Waals surface area contributed by atoms with E-state index in [-0.39, 0.29) is 0 Å². The summed E-state index contributed by atoms with van der Waals surface area (Å²) in [5.74, 6) is 0. The molecule has 15 heavy (non-hydrogen) atoms. The van der Waals surface area contributed by atoms with Crippen LogP contribution in [-0.2, 0) is 9.53 Å². The van der Waals surface area contributed by atoms with Crippen molar-refractivity contribution in [3.8, 4) is 0 Å². The topological polar surface area (TPSA) is 67.6 Å². The second-order valence-corrected chi connectivity index (χ2v) is 3.29. The fourth-order valence-electron chi connectivity index (χ4n) is 1.29. The molecule has 1 amide bonds. The molecule has 1 aliphatic rings. The summed E-state index contributed by atoms with van der Waals surface area (Å²) in [5.41, 5.74) is 4.85. The van der Waals surface area contributed by atoms with Gasteiger partial charge in [-0.1, -0.05) is 6.92 Å². The number of morpholine rings is 1. The highest BCUT2D eigenvalue weighted by molar-refractivity contribution is 5.45. The lowest BCUT2D eigenvalue weighted by Crippen LogP contribution is -2.37. The number of hydrogen-bond acceptors (Lipinski definition) is 4. The number of nitrogens with one attached hydrogen (secondary N) is 1. The van der Waals surface area contributed by atoms with E-state index in [1.807, 2.05) is 6.92 Å². The van der Waals surface area contributed by atoms with Gasteiger partial charge >= 0.3 is 0 Å². The Balaban J connectivity index is 0.000000583. The summed E-state index contributed by atoms with van der Waals surface area (Å²) in [6.07, 6.45) is 1.78. The second kappa shape index (κ2) is 11.4. The van der Waals surface area contributed by atoms with Gasteiger partial charge in [0.05, 0.1) is 13.2 Å². The normalized spacial score (nSPS) is 16.4. The van der Waals surface area contributed by atoms with E-state index in [1.54, 1.807) is 0 Å². The van der Waals surface area contributed by atoms with E-state index in [2.05, 4.69) is 10.2 Å². The maximum atomic E-state index is 9.91. The fraction of sp³-hybridized carbons (Fsp3) is 0.900. The van der Waals surface area contributed by atoms with Gasteiger partial charge in [0.2, 0.25) is 6.41 Å².